The van der Waals surface area contributed by atoms with Crippen LogP contribution in [0.25, 0.3) is 0 Å². The SMILES string of the molecule is CCCCCCCCOC(=O)C(C)(COC(=O)CCCCCCCNCCO)C(=O)OCCCCCCCC. The molecule has 0 atom stereocenters. The molecule has 0 bridgehead atoms. The minimum Gasteiger partial charge on any atom is -0.465 e. The van der Waals surface area contributed by atoms with Crippen molar-refractivity contribution in [2.24, 2.45) is 5.41 Å². The standard InChI is InChI=1S/C31H59NO7/c1-4-6-8-10-15-19-25-37-29(35)31(3,30(36)38-26-20-16-11-9-7-5-2)27-39-28(34)21-17-13-12-14-18-22-32-23-24-33/h32-33H,4-27H2,1-3H3. The number of unbranched alkanes of at least 4 members (excludes halogenated alkanes) is 14. The molecule has 0 aromatic heterocycles. The van der Waals surface area contributed by atoms with Crippen LogP contribution >= 0.6 is 0 Å². The molecule has 8 nitrogen and oxygen atoms in total. The Hall–Kier alpha value is -1.67. The number of esters is 3. The summed E-state index contributed by atoms with van der Waals surface area (Å²) in [5.41, 5.74) is -1.67. The number of aliphatic hydroxyl groups excluding tert-OH is 1. The Bertz CT molecular complexity index is 582. The van der Waals surface area contributed by atoms with Gasteiger partial charge < -0.3 is 24.6 Å². The fourth-order valence-corrected chi connectivity index (χ4v) is 4.16. The van der Waals surface area contributed by atoms with E-state index in [9.17, 15) is 14.4 Å². The molecule has 0 aliphatic heterocycles. The number of hydrogen-bond acceptors (Lipinski definition) is 8. The van der Waals surface area contributed by atoms with Gasteiger partial charge in [-0.05, 0) is 39.2 Å². The second-order valence-electron chi connectivity index (χ2n) is 10.8. The predicted octanol–water partition coefficient (Wildman–Crippen LogP) is 6.27. The molecule has 0 rings (SSSR count). The number of ether oxygens (including phenoxy) is 3. The molecule has 0 spiro atoms. The van der Waals surface area contributed by atoms with Crippen molar-refractivity contribution in [1.29, 1.82) is 0 Å². The van der Waals surface area contributed by atoms with E-state index in [0.717, 1.165) is 70.8 Å². The van der Waals surface area contributed by atoms with E-state index in [1.54, 1.807) is 0 Å². The van der Waals surface area contributed by atoms with E-state index < -0.39 is 23.3 Å². The van der Waals surface area contributed by atoms with Crippen molar-refractivity contribution < 1.29 is 33.7 Å². The van der Waals surface area contributed by atoms with Crippen LogP contribution in [0.4, 0.5) is 0 Å². The summed E-state index contributed by atoms with van der Waals surface area (Å²) in [6.07, 6.45) is 17.7. The van der Waals surface area contributed by atoms with Gasteiger partial charge in [0.25, 0.3) is 0 Å². The summed E-state index contributed by atoms with van der Waals surface area (Å²) < 4.78 is 16.3. The fraction of sp³-hybridized carbons (Fsp3) is 0.903. The molecule has 2 N–H and O–H groups in total. The summed E-state index contributed by atoms with van der Waals surface area (Å²) in [6.45, 7) is 7.56. The van der Waals surface area contributed by atoms with Crippen molar-refractivity contribution >= 4 is 17.9 Å². The highest BCUT2D eigenvalue weighted by atomic mass is 16.6. The van der Waals surface area contributed by atoms with Crippen molar-refractivity contribution in [3.63, 3.8) is 0 Å². The van der Waals surface area contributed by atoms with Crippen molar-refractivity contribution in [2.75, 3.05) is 39.5 Å². The van der Waals surface area contributed by atoms with Crippen molar-refractivity contribution in [1.82, 2.24) is 5.32 Å². The smallest absolute Gasteiger partial charge is 0.326 e. The molecular weight excluding hydrogens is 498 g/mol. The van der Waals surface area contributed by atoms with E-state index in [2.05, 4.69) is 19.2 Å². The van der Waals surface area contributed by atoms with E-state index in [0.29, 0.717) is 13.0 Å². The van der Waals surface area contributed by atoms with Gasteiger partial charge in [0.15, 0.2) is 5.41 Å². The second-order valence-corrected chi connectivity index (χ2v) is 10.8. The summed E-state index contributed by atoms with van der Waals surface area (Å²) in [6, 6.07) is 0. The molecule has 0 radical (unpaired) electrons. The average molecular weight is 558 g/mol. The minimum absolute atomic E-state index is 0.148. The first-order chi connectivity index (χ1) is 18.9. The van der Waals surface area contributed by atoms with Gasteiger partial charge in [0.2, 0.25) is 0 Å². The fourth-order valence-electron chi connectivity index (χ4n) is 4.16. The molecule has 0 aromatic carbocycles. The largest absolute Gasteiger partial charge is 0.465 e. The number of hydrogen-bond donors (Lipinski definition) is 2. The molecule has 230 valence electrons. The Kier molecular flexibility index (Phi) is 25.4. The number of rotatable bonds is 28. The highest BCUT2D eigenvalue weighted by Crippen LogP contribution is 2.23. The van der Waals surface area contributed by atoms with Crippen molar-refractivity contribution in [3.8, 4) is 0 Å². The van der Waals surface area contributed by atoms with Gasteiger partial charge in [0.05, 0.1) is 19.8 Å². The molecule has 0 aliphatic carbocycles. The molecule has 0 saturated carbocycles. The molecule has 0 amide bonds. The van der Waals surface area contributed by atoms with Crippen LogP contribution in [-0.4, -0.2) is 62.5 Å². The lowest BCUT2D eigenvalue weighted by atomic mass is 9.92. The van der Waals surface area contributed by atoms with Gasteiger partial charge in [-0.3, -0.25) is 14.4 Å². The molecular formula is C31H59NO7. The number of carbonyl (C=O) groups excluding carboxylic acids is 3. The Morgan fingerprint density at radius 3 is 1.59 bits per heavy atom. The lowest BCUT2D eigenvalue weighted by Gasteiger charge is -2.25. The zero-order valence-corrected chi connectivity index (χ0v) is 25.4. The molecule has 39 heavy (non-hydrogen) atoms. The van der Waals surface area contributed by atoms with Crippen LogP contribution < -0.4 is 5.32 Å². The van der Waals surface area contributed by atoms with E-state index in [1.807, 2.05) is 0 Å². The predicted molar refractivity (Wildman–Crippen MR) is 155 cm³/mol. The van der Waals surface area contributed by atoms with Gasteiger partial charge in [-0.25, -0.2) is 0 Å². The molecule has 0 saturated heterocycles. The van der Waals surface area contributed by atoms with Crippen LogP contribution in [-0.2, 0) is 28.6 Å². The number of aliphatic hydroxyl groups is 1. The summed E-state index contributed by atoms with van der Waals surface area (Å²) in [4.78, 5) is 38.3. The summed E-state index contributed by atoms with van der Waals surface area (Å²) in [5, 5.41) is 11.9. The van der Waals surface area contributed by atoms with Gasteiger partial charge >= 0.3 is 17.9 Å². The lowest BCUT2D eigenvalue weighted by molar-refractivity contribution is -0.177. The summed E-state index contributed by atoms with van der Waals surface area (Å²) >= 11 is 0. The van der Waals surface area contributed by atoms with Gasteiger partial charge in [-0.2, -0.15) is 0 Å². The Labute approximate surface area is 238 Å². The third kappa shape index (κ3) is 20.8. The van der Waals surface area contributed by atoms with Crippen LogP contribution in [0.15, 0.2) is 0 Å². The second kappa shape index (κ2) is 26.5. The molecule has 0 aliphatic rings. The Morgan fingerprint density at radius 2 is 1.08 bits per heavy atom. The third-order valence-corrected chi connectivity index (χ3v) is 6.91. The maximum Gasteiger partial charge on any atom is 0.326 e. The minimum atomic E-state index is -1.67. The van der Waals surface area contributed by atoms with Gasteiger partial charge in [-0.15, -0.1) is 0 Å². The molecule has 0 heterocycles. The zero-order chi connectivity index (χ0) is 29.0. The van der Waals surface area contributed by atoms with Crippen LogP contribution in [0.2, 0.25) is 0 Å². The first-order valence-corrected chi connectivity index (χ1v) is 15.7. The Morgan fingerprint density at radius 1 is 0.615 bits per heavy atom. The summed E-state index contributed by atoms with van der Waals surface area (Å²) in [7, 11) is 0. The number of carbonyl (C=O) groups is 3. The maximum absolute atomic E-state index is 13.0. The van der Waals surface area contributed by atoms with Crippen LogP contribution in [0.5, 0.6) is 0 Å². The first-order valence-electron chi connectivity index (χ1n) is 15.7. The first kappa shape index (κ1) is 37.3. The monoisotopic (exact) mass is 557 g/mol. The normalized spacial score (nSPS) is 11.4. The quantitative estimate of drug-likeness (QED) is 0.0501. The van der Waals surface area contributed by atoms with Crippen LogP contribution in [0.1, 0.15) is 136 Å². The molecule has 8 heteroatoms. The molecule has 0 aromatic rings. The maximum atomic E-state index is 13.0. The van der Waals surface area contributed by atoms with Crippen molar-refractivity contribution in [3.05, 3.63) is 0 Å². The van der Waals surface area contributed by atoms with Gasteiger partial charge in [-0.1, -0.05) is 97.3 Å². The van der Waals surface area contributed by atoms with Gasteiger partial charge in [0.1, 0.15) is 6.61 Å². The van der Waals surface area contributed by atoms with E-state index in [4.69, 9.17) is 19.3 Å². The van der Waals surface area contributed by atoms with E-state index >= 15 is 0 Å². The lowest BCUT2D eigenvalue weighted by Crippen LogP contribution is -2.44. The Balaban J connectivity index is 4.57. The molecule has 0 fully saturated rings. The zero-order valence-electron chi connectivity index (χ0n) is 25.4. The van der Waals surface area contributed by atoms with Crippen LogP contribution in [0, 0.1) is 5.41 Å². The highest BCUT2D eigenvalue weighted by molar-refractivity contribution is 6.00. The summed E-state index contributed by atoms with van der Waals surface area (Å²) in [5.74, 6) is -1.79. The van der Waals surface area contributed by atoms with E-state index in [-0.39, 0.29) is 32.8 Å². The van der Waals surface area contributed by atoms with Crippen LogP contribution in [0.3, 0.4) is 0 Å². The van der Waals surface area contributed by atoms with E-state index in [1.165, 1.54) is 45.4 Å². The average Bonchev–Trinajstić information content (AvgIpc) is 2.93. The highest BCUT2D eigenvalue weighted by Gasteiger charge is 2.46. The van der Waals surface area contributed by atoms with Gasteiger partial charge in [0, 0.05) is 13.0 Å². The topological polar surface area (TPSA) is 111 Å². The van der Waals surface area contributed by atoms with Crippen molar-refractivity contribution in [2.45, 2.75) is 136 Å². The molecule has 0 unspecified atom stereocenters. The number of nitrogens with one attached hydrogen (secondary N) is 1. The third-order valence-electron chi connectivity index (χ3n) is 6.91.